The van der Waals surface area contributed by atoms with Gasteiger partial charge in [0.1, 0.15) is 12.1 Å². The SMILES string of the molecule is C#CCNC(=O)C1N(C(=O)[C@@H](O)[C@H](Cc2ccccc2)NC(=O)[C@@H]2CCCO2)CSC1(C)C. The van der Waals surface area contributed by atoms with E-state index in [1.165, 1.54) is 16.7 Å². The van der Waals surface area contributed by atoms with Crippen molar-refractivity contribution in [3.05, 3.63) is 35.9 Å². The van der Waals surface area contributed by atoms with Gasteiger partial charge >= 0.3 is 0 Å². The number of nitrogens with one attached hydrogen (secondary N) is 2. The highest BCUT2D eigenvalue weighted by molar-refractivity contribution is 8.00. The maximum Gasteiger partial charge on any atom is 0.254 e. The van der Waals surface area contributed by atoms with E-state index in [2.05, 4.69) is 16.6 Å². The molecule has 0 spiro atoms. The molecule has 2 aliphatic heterocycles. The summed E-state index contributed by atoms with van der Waals surface area (Å²) in [6.45, 7) is 4.31. The number of amides is 3. The fourth-order valence-corrected chi connectivity index (χ4v) is 5.30. The number of terminal acetylenes is 1. The van der Waals surface area contributed by atoms with Crippen LogP contribution in [0.4, 0.5) is 0 Å². The van der Waals surface area contributed by atoms with Crippen molar-refractivity contribution in [3.63, 3.8) is 0 Å². The largest absolute Gasteiger partial charge is 0.381 e. The average Bonchev–Trinajstić information content (AvgIpc) is 3.44. The summed E-state index contributed by atoms with van der Waals surface area (Å²) in [7, 11) is 0. The van der Waals surface area contributed by atoms with Crippen molar-refractivity contribution < 1.29 is 24.2 Å². The van der Waals surface area contributed by atoms with Crippen LogP contribution in [-0.2, 0) is 25.5 Å². The smallest absolute Gasteiger partial charge is 0.254 e. The second-order valence-electron chi connectivity index (χ2n) is 8.76. The van der Waals surface area contributed by atoms with Crippen LogP contribution in [0.3, 0.4) is 0 Å². The molecule has 8 nitrogen and oxygen atoms in total. The van der Waals surface area contributed by atoms with Crippen molar-refractivity contribution >= 4 is 29.5 Å². The van der Waals surface area contributed by atoms with Crippen LogP contribution in [0.25, 0.3) is 0 Å². The second kappa shape index (κ2) is 11.1. The van der Waals surface area contributed by atoms with Gasteiger partial charge in [0.25, 0.3) is 5.91 Å². The Morgan fingerprint density at radius 1 is 1.30 bits per heavy atom. The Morgan fingerprint density at radius 3 is 2.67 bits per heavy atom. The molecule has 2 aliphatic rings. The normalized spacial score (nSPS) is 23.4. The van der Waals surface area contributed by atoms with E-state index < -0.39 is 34.9 Å². The lowest BCUT2D eigenvalue weighted by Crippen LogP contribution is -2.59. The molecule has 9 heteroatoms. The molecule has 3 rings (SSSR count). The van der Waals surface area contributed by atoms with Crippen molar-refractivity contribution in [1.82, 2.24) is 15.5 Å². The molecule has 1 aromatic carbocycles. The van der Waals surface area contributed by atoms with Gasteiger partial charge in [-0.2, -0.15) is 0 Å². The third-order valence-corrected chi connectivity index (χ3v) is 7.30. The standard InChI is InChI=1S/C24H31N3O5S/c1-4-12-25-22(30)20-24(2,3)33-15-27(20)23(31)19(28)17(14-16-9-6-5-7-10-16)26-21(29)18-11-8-13-32-18/h1,5-7,9-10,17-20,28H,8,11-15H2,2-3H3,(H,25,30)(H,26,29)/t17-,18-,19-,20?/m0/s1. The molecular formula is C24H31N3O5S. The zero-order valence-electron chi connectivity index (χ0n) is 19.0. The molecule has 2 heterocycles. The number of hydrogen-bond acceptors (Lipinski definition) is 6. The summed E-state index contributed by atoms with van der Waals surface area (Å²) in [4.78, 5) is 40.3. The van der Waals surface area contributed by atoms with Crippen molar-refractivity contribution in [1.29, 1.82) is 0 Å². The Balaban J connectivity index is 1.80. The topological polar surface area (TPSA) is 108 Å². The number of aliphatic hydroxyl groups is 1. The Bertz CT molecular complexity index is 895. The molecule has 0 radical (unpaired) electrons. The van der Waals surface area contributed by atoms with Gasteiger partial charge in [-0.1, -0.05) is 36.3 Å². The Labute approximate surface area is 198 Å². The molecule has 2 saturated heterocycles. The van der Waals surface area contributed by atoms with E-state index in [9.17, 15) is 19.5 Å². The first-order chi connectivity index (χ1) is 15.7. The number of carbonyl (C=O) groups is 3. The molecule has 33 heavy (non-hydrogen) atoms. The molecule has 0 aliphatic carbocycles. The van der Waals surface area contributed by atoms with Crippen molar-refractivity contribution in [2.75, 3.05) is 19.0 Å². The minimum atomic E-state index is -1.53. The minimum absolute atomic E-state index is 0.0503. The molecule has 1 aromatic rings. The highest BCUT2D eigenvalue weighted by Gasteiger charge is 2.49. The maximum absolute atomic E-state index is 13.4. The summed E-state index contributed by atoms with van der Waals surface area (Å²) in [5.41, 5.74) is 0.862. The van der Waals surface area contributed by atoms with Gasteiger partial charge in [0, 0.05) is 11.4 Å². The highest BCUT2D eigenvalue weighted by atomic mass is 32.2. The minimum Gasteiger partial charge on any atom is -0.381 e. The van der Waals surface area contributed by atoms with Crippen LogP contribution < -0.4 is 10.6 Å². The Morgan fingerprint density at radius 2 is 2.03 bits per heavy atom. The first kappa shape index (κ1) is 25.1. The van der Waals surface area contributed by atoms with Gasteiger partial charge in [-0.3, -0.25) is 14.4 Å². The molecule has 0 saturated carbocycles. The van der Waals surface area contributed by atoms with Gasteiger partial charge in [0.15, 0.2) is 6.10 Å². The van der Waals surface area contributed by atoms with Crippen LogP contribution in [0.1, 0.15) is 32.3 Å². The van der Waals surface area contributed by atoms with Crippen LogP contribution in [0, 0.1) is 12.3 Å². The van der Waals surface area contributed by atoms with Crippen molar-refractivity contribution in [3.8, 4) is 12.3 Å². The van der Waals surface area contributed by atoms with Crippen molar-refractivity contribution in [2.24, 2.45) is 0 Å². The summed E-state index contributed by atoms with van der Waals surface area (Å²) in [6, 6.07) is 7.64. The van der Waals surface area contributed by atoms with Crippen molar-refractivity contribution in [2.45, 2.75) is 62.1 Å². The summed E-state index contributed by atoms with van der Waals surface area (Å²) in [5.74, 6) is 1.28. The Kier molecular flexibility index (Phi) is 8.40. The number of ether oxygens (including phenoxy) is 1. The van der Waals surface area contributed by atoms with E-state index in [0.29, 0.717) is 13.0 Å². The quantitative estimate of drug-likeness (QED) is 0.480. The monoisotopic (exact) mass is 473 g/mol. The molecule has 2 fully saturated rings. The third kappa shape index (κ3) is 6.08. The van der Waals surface area contributed by atoms with Gasteiger partial charge in [-0.25, -0.2) is 0 Å². The number of aliphatic hydroxyl groups excluding tert-OH is 1. The lowest BCUT2D eigenvalue weighted by Gasteiger charge is -2.33. The molecule has 1 unspecified atom stereocenters. The van der Waals surface area contributed by atoms with Gasteiger partial charge in [-0.05, 0) is 38.7 Å². The number of rotatable bonds is 8. The zero-order chi connectivity index (χ0) is 24.0. The lowest BCUT2D eigenvalue weighted by atomic mass is 9.97. The summed E-state index contributed by atoms with van der Waals surface area (Å²) in [6.07, 6.45) is 4.78. The van der Waals surface area contributed by atoms with E-state index in [-0.39, 0.29) is 30.7 Å². The number of hydrogen-bond donors (Lipinski definition) is 3. The fourth-order valence-electron chi connectivity index (χ4n) is 4.16. The Hall–Kier alpha value is -2.54. The summed E-state index contributed by atoms with van der Waals surface area (Å²) >= 11 is 1.45. The highest BCUT2D eigenvalue weighted by Crippen LogP contribution is 2.39. The van der Waals surface area contributed by atoms with Gasteiger partial charge in [0.05, 0.1) is 18.5 Å². The molecule has 178 valence electrons. The lowest BCUT2D eigenvalue weighted by molar-refractivity contribution is -0.148. The van der Waals surface area contributed by atoms with E-state index >= 15 is 0 Å². The average molecular weight is 474 g/mol. The number of carbonyl (C=O) groups excluding carboxylic acids is 3. The van der Waals surface area contributed by atoms with E-state index in [1.54, 1.807) is 0 Å². The molecule has 0 bridgehead atoms. The van der Waals surface area contributed by atoms with Gasteiger partial charge in [0.2, 0.25) is 11.8 Å². The predicted molar refractivity (Wildman–Crippen MR) is 126 cm³/mol. The zero-order valence-corrected chi connectivity index (χ0v) is 19.8. The van der Waals surface area contributed by atoms with Crippen LogP contribution in [0.5, 0.6) is 0 Å². The molecule has 0 aromatic heterocycles. The maximum atomic E-state index is 13.4. The fraction of sp³-hybridized carbons (Fsp3) is 0.542. The van der Waals surface area contributed by atoms with E-state index in [0.717, 1.165) is 12.0 Å². The molecule has 3 amide bonds. The van der Waals surface area contributed by atoms with Crippen LogP contribution >= 0.6 is 11.8 Å². The third-order valence-electron chi connectivity index (χ3n) is 5.92. The molecular weight excluding hydrogens is 442 g/mol. The van der Waals surface area contributed by atoms with E-state index in [4.69, 9.17) is 11.2 Å². The molecule has 4 atom stereocenters. The van der Waals surface area contributed by atoms with E-state index in [1.807, 2.05) is 44.2 Å². The predicted octanol–water partition coefficient (Wildman–Crippen LogP) is 0.683. The summed E-state index contributed by atoms with van der Waals surface area (Å²) in [5, 5.41) is 16.6. The number of thioether (sulfide) groups is 1. The van der Waals surface area contributed by atoms with Crippen LogP contribution in [0.15, 0.2) is 30.3 Å². The van der Waals surface area contributed by atoms with Gasteiger partial charge < -0.3 is 25.4 Å². The number of benzene rings is 1. The second-order valence-corrected chi connectivity index (χ2v) is 10.4. The van der Waals surface area contributed by atoms with Gasteiger partial charge in [-0.15, -0.1) is 18.2 Å². The first-order valence-corrected chi connectivity index (χ1v) is 12.0. The van der Waals surface area contributed by atoms with Crippen LogP contribution in [-0.4, -0.2) is 75.8 Å². The van der Waals surface area contributed by atoms with Crippen LogP contribution in [0.2, 0.25) is 0 Å². The summed E-state index contributed by atoms with van der Waals surface area (Å²) < 4.78 is 4.89. The number of nitrogens with zero attached hydrogens (tertiary/aromatic N) is 1. The molecule has 3 N–H and O–H groups in total. The first-order valence-electron chi connectivity index (χ1n) is 11.0.